The summed E-state index contributed by atoms with van der Waals surface area (Å²) in [6, 6.07) is -0.154. The van der Waals surface area contributed by atoms with Crippen LogP contribution in [0.5, 0.6) is 0 Å². The Bertz CT molecular complexity index is 556. The fourth-order valence-electron chi connectivity index (χ4n) is 4.08. The lowest BCUT2D eigenvalue weighted by molar-refractivity contribution is -0.135. The normalized spacial score (nSPS) is 30.6. The number of carbonyl (C=O) groups is 1. The predicted molar refractivity (Wildman–Crippen MR) is 99.0 cm³/mol. The maximum Gasteiger partial charge on any atom is 0.223 e. The molecule has 0 aromatic rings. The molecule has 3 atom stereocenters. The largest absolute Gasteiger partial charge is 0.394 e. The van der Waals surface area contributed by atoms with Crippen molar-refractivity contribution in [1.82, 2.24) is 9.80 Å². The molecule has 25 heavy (non-hydrogen) atoms. The Morgan fingerprint density at radius 3 is 2.28 bits per heavy atom. The molecule has 0 bridgehead atoms. The van der Waals surface area contributed by atoms with Crippen molar-refractivity contribution in [3.63, 3.8) is 0 Å². The van der Waals surface area contributed by atoms with Gasteiger partial charge in [0.25, 0.3) is 0 Å². The highest BCUT2D eigenvalue weighted by atomic mass is 32.2. The second kappa shape index (κ2) is 7.92. The molecule has 0 saturated carbocycles. The van der Waals surface area contributed by atoms with Crippen molar-refractivity contribution in [3.8, 4) is 0 Å². The van der Waals surface area contributed by atoms with Gasteiger partial charge in [-0.3, -0.25) is 4.79 Å². The van der Waals surface area contributed by atoms with Crippen molar-refractivity contribution in [2.45, 2.75) is 46.6 Å². The van der Waals surface area contributed by atoms with Crippen LogP contribution in [0.2, 0.25) is 0 Å². The molecule has 6 nitrogen and oxygen atoms in total. The van der Waals surface area contributed by atoms with E-state index in [0.717, 1.165) is 13.0 Å². The Kier molecular flexibility index (Phi) is 6.55. The van der Waals surface area contributed by atoms with Crippen molar-refractivity contribution in [1.29, 1.82) is 0 Å². The number of rotatable bonds is 5. The SMILES string of the molecule is CC[C@@H]1CN(C(=O)CC(C)(C)C)[C@H](CO)[C@@H]1CN1CCS(=O)(=O)CC1. The fourth-order valence-corrected chi connectivity index (χ4v) is 5.36. The minimum absolute atomic E-state index is 0.0246. The van der Waals surface area contributed by atoms with E-state index in [9.17, 15) is 18.3 Å². The molecule has 0 aromatic carbocycles. The minimum atomic E-state index is -2.89. The number of likely N-dealkylation sites (tertiary alicyclic amines) is 1. The van der Waals surface area contributed by atoms with E-state index >= 15 is 0 Å². The lowest BCUT2D eigenvalue weighted by atomic mass is 9.88. The first kappa shape index (κ1) is 20.6. The van der Waals surface area contributed by atoms with Gasteiger partial charge in [0.15, 0.2) is 9.84 Å². The first-order valence-corrected chi connectivity index (χ1v) is 11.2. The summed E-state index contributed by atoms with van der Waals surface area (Å²) in [6.07, 6.45) is 1.45. The third kappa shape index (κ3) is 5.41. The maximum absolute atomic E-state index is 12.7. The molecule has 0 unspecified atom stereocenters. The topological polar surface area (TPSA) is 77.9 Å². The van der Waals surface area contributed by atoms with Crippen LogP contribution >= 0.6 is 0 Å². The van der Waals surface area contributed by atoms with Gasteiger partial charge >= 0.3 is 0 Å². The van der Waals surface area contributed by atoms with E-state index in [1.54, 1.807) is 0 Å². The van der Waals surface area contributed by atoms with Crippen LogP contribution in [0.15, 0.2) is 0 Å². The lowest BCUT2D eigenvalue weighted by Crippen LogP contribution is -2.47. The van der Waals surface area contributed by atoms with Gasteiger partial charge in [0.05, 0.1) is 24.2 Å². The van der Waals surface area contributed by atoms with Crippen LogP contribution < -0.4 is 0 Å². The van der Waals surface area contributed by atoms with Gasteiger partial charge in [-0.25, -0.2) is 8.42 Å². The van der Waals surface area contributed by atoms with Crippen LogP contribution in [-0.2, 0) is 14.6 Å². The van der Waals surface area contributed by atoms with Gasteiger partial charge in [-0.15, -0.1) is 0 Å². The zero-order valence-corrected chi connectivity index (χ0v) is 16.9. The van der Waals surface area contributed by atoms with Crippen LogP contribution in [0, 0.1) is 17.3 Å². The van der Waals surface area contributed by atoms with Crippen molar-refractivity contribution < 1.29 is 18.3 Å². The summed E-state index contributed by atoms with van der Waals surface area (Å²) in [5.41, 5.74) is -0.0713. The van der Waals surface area contributed by atoms with E-state index < -0.39 is 9.84 Å². The second-order valence-electron chi connectivity index (χ2n) is 8.82. The lowest BCUT2D eigenvalue weighted by Gasteiger charge is -2.34. The standard InChI is InChI=1S/C18H34N2O4S/c1-5-14-11-20(17(22)10-18(2,3)4)16(13-21)15(14)12-19-6-8-25(23,24)9-7-19/h14-16,21H,5-13H2,1-4H3/t14-,15-,16-/m1/s1. The van der Waals surface area contributed by atoms with Gasteiger partial charge in [0, 0.05) is 32.6 Å². The minimum Gasteiger partial charge on any atom is -0.394 e. The van der Waals surface area contributed by atoms with Crippen molar-refractivity contribution in [2.24, 2.45) is 17.3 Å². The Labute approximate surface area is 152 Å². The monoisotopic (exact) mass is 374 g/mol. The van der Waals surface area contributed by atoms with E-state index in [0.29, 0.717) is 32.0 Å². The van der Waals surface area contributed by atoms with E-state index in [1.807, 2.05) is 4.90 Å². The van der Waals surface area contributed by atoms with Gasteiger partial charge in [-0.05, 0) is 17.3 Å². The van der Waals surface area contributed by atoms with Gasteiger partial charge in [0.2, 0.25) is 5.91 Å². The molecule has 7 heteroatoms. The predicted octanol–water partition coefficient (Wildman–Crippen LogP) is 0.999. The quantitative estimate of drug-likeness (QED) is 0.777. The number of nitrogens with zero attached hydrogens (tertiary/aromatic N) is 2. The molecule has 2 aliphatic rings. The molecule has 2 aliphatic heterocycles. The number of sulfone groups is 1. The Morgan fingerprint density at radius 2 is 1.80 bits per heavy atom. The molecule has 0 spiro atoms. The summed E-state index contributed by atoms with van der Waals surface area (Å²) in [6.45, 7) is 10.8. The second-order valence-corrected chi connectivity index (χ2v) is 11.1. The fraction of sp³-hybridized carbons (Fsp3) is 0.944. The number of carbonyl (C=O) groups excluding carboxylic acids is 1. The van der Waals surface area contributed by atoms with Crippen molar-refractivity contribution >= 4 is 15.7 Å². The van der Waals surface area contributed by atoms with Crippen molar-refractivity contribution in [2.75, 3.05) is 44.3 Å². The summed E-state index contributed by atoms with van der Waals surface area (Å²) < 4.78 is 23.3. The van der Waals surface area contributed by atoms with Crippen LogP contribution in [0.1, 0.15) is 40.5 Å². The van der Waals surface area contributed by atoms with Crippen LogP contribution in [-0.4, -0.2) is 79.6 Å². The molecule has 0 aliphatic carbocycles. The summed E-state index contributed by atoms with van der Waals surface area (Å²) >= 11 is 0. The van der Waals surface area contributed by atoms with Crippen molar-refractivity contribution in [3.05, 3.63) is 0 Å². The Hall–Kier alpha value is -0.660. The number of hydrogen-bond donors (Lipinski definition) is 1. The Balaban J connectivity index is 2.07. The van der Waals surface area contributed by atoms with E-state index in [1.165, 1.54) is 0 Å². The maximum atomic E-state index is 12.7. The highest BCUT2D eigenvalue weighted by molar-refractivity contribution is 7.91. The summed E-state index contributed by atoms with van der Waals surface area (Å²) in [7, 11) is -2.89. The molecule has 146 valence electrons. The first-order valence-electron chi connectivity index (χ1n) is 9.39. The average molecular weight is 375 g/mol. The van der Waals surface area contributed by atoms with Gasteiger partial charge in [-0.2, -0.15) is 0 Å². The molecule has 0 aromatic heterocycles. The summed E-state index contributed by atoms with van der Waals surface area (Å²) in [4.78, 5) is 16.8. The third-order valence-electron chi connectivity index (χ3n) is 5.55. The van der Waals surface area contributed by atoms with Gasteiger partial charge in [0.1, 0.15) is 0 Å². The summed E-state index contributed by atoms with van der Waals surface area (Å²) in [5, 5.41) is 9.97. The van der Waals surface area contributed by atoms with E-state index in [4.69, 9.17) is 0 Å². The highest BCUT2D eigenvalue weighted by Crippen LogP contribution is 2.35. The molecule has 2 fully saturated rings. The Morgan fingerprint density at radius 1 is 1.20 bits per heavy atom. The third-order valence-corrected chi connectivity index (χ3v) is 7.16. The molecular weight excluding hydrogens is 340 g/mol. The molecule has 2 saturated heterocycles. The molecule has 2 rings (SSSR count). The van der Waals surface area contributed by atoms with E-state index in [2.05, 4.69) is 32.6 Å². The number of amides is 1. The van der Waals surface area contributed by atoms with Crippen LogP contribution in [0.25, 0.3) is 0 Å². The number of aliphatic hydroxyl groups is 1. The molecule has 1 amide bonds. The van der Waals surface area contributed by atoms with E-state index in [-0.39, 0.29) is 41.4 Å². The number of hydrogen-bond acceptors (Lipinski definition) is 5. The summed E-state index contributed by atoms with van der Waals surface area (Å²) in [5.74, 6) is 1.12. The zero-order chi connectivity index (χ0) is 18.8. The number of aliphatic hydroxyl groups excluding tert-OH is 1. The first-order chi connectivity index (χ1) is 11.6. The molecular formula is C18H34N2O4S. The van der Waals surface area contributed by atoms with Gasteiger partial charge in [-0.1, -0.05) is 34.1 Å². The average Bonchev–Trinajstić information content (AvgIpc) is 2.85. The highest BCUT2D eigenvalue weighted by Gasteiger charge is 2.44. The molecule has 1 N–H and O–H groups in total. The molecule has 2 heterocycles. The molecule has 0 radical (unpaired) electrons. The van der Waals surface area contributed by atoms with Crippen LogP contribution in [0.3, 0.4) is 0 Å². The van der Waals surface area contributed by atoms with Crippen LogP contribution in [0.4, 0.5) is 0 Å². The van der Waals surface area contributed by atoms with Gasteiger partial charge < -0.3 is 14.9 Å². The zero-order valence-electron chi connectivity index (χ0n) is 16.1. The smallest absolute Gasteiger partial charge is 0.223 e.